The molecule has 4 nitrogen and oxygen atoms in total. The highest BCUT2D eigenvalue weighted by molar-refractivity contribution is 7.99. The average Bonchev–Trinajstić information content (AvgIpc) is 2.35. The van der Waals surface area contributed by atoms with Gasteiger partial charge in [0.15, 0.2) is 12.1 Å². The van der Waals surface area contributed by atoms with Crippen molar-refractivity contribution in [2.75, 3.05) is 5.32 Å². The predicted molar refractivity (Wildman–Crippen MR) is 61.3 cm³/mol. The summed E-state index contributed by atoms with van der Waals surface area (Å²) in [4.78, 5) is 20.7. The van der Waals surface area contributed by atoms with Crippen LogP contribution in [-0.2, 0) is 0 Å². The van der Waals surface area contributed by atoms with Gasteiger partial charge >= 0.3 is 0 Å². The fourth-order valence-electron chi connectivity index (χ4n) is 1.51. The molecule has 0 atom stereocenters. The summed E-state index contributed by atoms with van der Waals surface area (Å²) in [7, 11) is 0. The molecular formula is C11H7N3OS. The number of anilines is 2. The Morgan fingerprint density at radius 1 is 1.25 bits per heavy atom. The highest BCUT2D eigenvalue weighted by Crippen LogP contribution is 2.42. The number of carbonyl (C=O) groups excluding carboxylic acids is 1. The summed E-state index contributed by atoms with van der Waals surface area (Å²) in [6.07, 6.45) is 2.31. The maximum atomic E-state index is 10.6. The van der Waals surface area contributed by atoms with Crippen LogP contribution in [-0.4, -0.2) is 16.3 Å². The molecule has 16 heavy (non-hydrogen) atoms. The highest BCUT2D eigenvalue weighted by atomic mass is 32.2. The van der Waals surface area contributed by atoms with Gasteiger partial charge in [-0.3, -0.25) is 4.79 Å². The maximum Gasteiger partial charge on any atom is 0.194 e. The van der Waals surface area contributed by atoms with Gasteiger partial charge in [0.1, 0.15) is 5.82 Å². The van der Waals surface area contributed by atoms with E-state index >= 15 is 0 Å². The monoisotopic (exact) mass is 229 g/mol. The third-order valence-corrected chi connectivity index (χ3v) is 3.33. The molecular weight excluding hydrogens is 222 g/mol. The summed E-state index contributed by atoms with van der Waals surface area (Å²) in [6.45, 7) is 0. The number of hydrogen-bond acceptors (Lipinski definition) is 5. The highest BCUT2D eigenvalue weighted by Gasteiger charge is 2.16. The van der Waals surface area contributed by atoms with Crippen LogP contribution >= 0.6 is 11.8 Å². The van der Waals surface area contributed by atoms with E-state index in [4.69, 9.17) is 0 Å². The first-order valence-electron chi connectivity index (χ1n) is 4.73. The van der Waals surface area contributed by atoms with Crippen molar-refractivity contribution in [3.63, 3.8) is 0 Å². The van der Waals surface area contributed by atoms with Gasteiger partial charge in [0.25, 0.3) is 0 Å². The van der Waals surface area contributed by atoms with E-state index in [1.165, 1.54) is 0 Å². The molecule has 3 rings (SSSR count). The van der Waals surface area contributed by atoms with Crippen LogP contribution in [0.4, 0.5) is 11.5 Å². The third kappa shape index (κ3) is 1.45. The molecule has 0 amide bonds. The maximum absolute atomic E-state index is 10.6. The normalized spacial score (nSPS) is 12.2. The molecule has 2 aromatic rings. The van der Waals surface area contributed by atoms with E-state index in [1.54, 1.807) is 18.0 Å². The number of carbonyl (C=O) groups is 1. The third-order valence-electron chi connectivity index (χ3n) is 2.24. The van der Waals surface area contributed by atoms with Gasteiger partial charge in [0.2, 0.25) is 0 Å². The molecule has 1 aliphatic heterocycles. The largest absolute Gasteiger partial charge is 0.338 e. The predicted octanol–water partition coefficient (Wildman–Crippen LogP) is 2.50. The van der Waals surface area contributed by atoms with E-state index in [9.17, 15) is 4.79 Å². The Balaban J connectivity index is 2.08. The van der Waals surface area contributed by atoms with E-state index in [-0.39, 0.29) is 5.82 Å². The van der Waals surface area contributed by atoms with Gasteiger partial charge in [-0.2, -0.15) is 0 Å². The molecule has 0 aliphatic carbocycles. The van der Waals surface area contributed by atoms with Crippen molar-refractivity contribution in [1.82, 2.24) is 9.97 Å². The lowest BCUT2D eigenvalue weighted by Gasteiger charge is -2.18. The van der Waals surface area contributed by atoms with E-state index < -0.39 is 0 Å². The van der Waals surface area contributed by atoms with E-state index in [1.807, 2.05) is 24.3 Å². The molecule has 0 saturated carbocycles. The zero-order valence-corrected chi connectivity index (χ0v) is 8.99. The van der Waals surface area contributed by atoms with Gasteiger partial charge in [-0.15, -0.1) is 0 Å². The second-order valence-electron chi connectivity index (χ2n) is 3.28. The van der Waals surface area contributed by atoms with Crippen LogP contribution in [0.2, 0.25) is 0 Å². The molecule has 1 aromatic carbocycles. The van der Waals surface area contributed by atoms with Crippen molar-refractivity contribution in [3.8, 4) is 0 Å². The topological polar surface area (TPSA) is 54.9 Å². The van der Waals surface area contributed by atoms with Crippen molar-refractivity contribution >= 4 is 29.6 Å². The zero-order valence-electron chi connectivity index (χ0n) is 8.18. The molecule has 1 aliphatic rings. The van der Waals surface area contributed by atoms with Gasteiger partial charge in [0.05, 0.1) is 10.6 Å². The molecule has 0 bridgehead atoms. The van der Waals surface area contributed by atoms with Crippen LogP contribution in [0, 0.1) is 0 Å². The second kappa shape index (κ2) is 3.61. The summed E-state index contributed by atoms with van der Waals surface area (Å²) >= 11 is 1.60. The number of nitrogens with zero attached hydrogens (tertiary/aromatic N) is 2. The van der Waals surface area contributed by atoms with Crippen molar-refractivity contribution in [1.29, 1.82) is 0 Å². The Morgan fingerprint density at radius 3 is 3.00 bits per heavy atom. The minimum absolute atomic E-state index is 0.200. The number of hydrogen-bond donors (Lipinski definition) is 1. The summed E-state index contributed by atoms with van der Waals surface area (Å²) in [5.74, 6) is 0.895. The smallest absolute Gasteiger partial charge is 0.194 e. The van der Waals surface area contributed by atoms with Crippen molar-refractivity contribution in [3.05, 3.63) is 36.3 Å². The van der Waals surface area contributed by atoms with E-state index in [0.29, 0.717) is 12.1 Å². The second-order valence-corrected chi connectivity index (χ2v) is 4.37. The van der Waals surface area contributed by atoms with Crippen LogP contribution in [0.3, 0.4) is 0 Å². The fraction of sp³-hybridized carbons (Fsp3) is 0. The number of fused-ring (bicyclic) bond motifs is 2. The number of aldehydes is 1. The van der Waals surface area contributed by atoms with Crippen molar-refractivity contribution in [2.45, 2.75) is 9.79 Å². The fourth-order valence-corrected chi connectivity index (χ4v) is 2.42. The lowest BCUT2D eigenvalue weighted by atomic mass is 10.3. The minimum atomic E-state index is 0.200. The standard InChI is InChI=1S/C11H7N3OS/c15-6-10-12-5-9-11(14-10)13-7-3-1-2-4-8(7)16-9/h1-6H,(H,12,13,14). The first-order chi connectivity index (χ1) is 7.86. The molecule has 0 radical (unpaired) electrons. The summed E-state index contributed by atoms with van der Waals surface area (Å²) in [6, 6.07) is 7.95. The number of rotatable bonds is 1. The first kappa shape index (κ1) is 9.35. The van der Waals surface area contributed by atoms with Gasteiger partial charge in [-0.25, -0.2) is 9.97 Å². The number of nitrogens with one attached hydrogen (secondary N) is 1. The minimum Gasteiger partial charge on any atom is -0.338 e. The molecule has 0 unspecified atom stereocenters. The Labute approximate surface area is 96.1 Å². The average molecular weight is 229 g/mol. The Bertz CT molecular complexity index is 571. The van der Waals surface area contributed by atoms with E-state index in [0.717, 1.165) is 15.5 Å². The lowest BCUT2D eigenvalue weighted by molar-refractivity contribution is 0.111. The molecule has 1 N–H and O–H groups in total. The zero-order chi connectivity index (χ0) is 11.0. The molecule has 1 aromatic heterocycles. The van der Waals surface area contributed by atoms with Crippen LogP contribution in [0.1, 0.15) is 10.6 Å². The summed E-state index contributed by atoms with van der Waals surface area (Å²) in [5, 5.41) is 3.18. The van der Waals surface area contributed by atoms with Gasteiger partial charge in [-0.05, 0) is 12.1 Å². The molecule has 0 saturated heterocycles. The quantitative estimate of drug-likeness (QED) is 0.650. The summed E-state index contributed by atoms with van der Waals surface area (Å²) in [5.41, 5.74) is 1.01. The van der Waals surface area contributed by atoms with Gasteiger partial charge in [-0.1, -0.05) is 23.9 Å². The number of aromatic nitrogens is 2. The van der Waals surface area contributed by atoms with Gasteiger partial charge in [0, 0.05) is 11.1 Å². The van der Waals surface area contributed by atoms with Crippen LogP contribution in [0.15, 0.2) is 40.3 Å². The SMILES string of the molecule is O=Cc1ncc2c(n1)Nc1ccccc1S2. The molecule has 5 heteroatoms. The van der Waals surface area contributed by atoms with Crippen LogP contribution in [0.5, 0.6) is 0 Å². The lowest BCUT2D eigenvalue weighted by Crippen LogP contribution is -2.05. The molecule has 0 fully saturated rings. The Morgan fingerprint density at radius 2 is 2.12 bits per heavy atom. The van der Waals surface area contributed by atoms with Gasteiger partial charge < -0.3 is 5.32 Å². The van der Waals surface area contributed by atoms with Crippen LogP contribution < -0.4 is 5.32 Å². The molecule has 0 spiro atoms. The molecule has 2 heterocycles. The summed E-state index contributed by atoms with van der Waals surface area (Å²) < 4.78 is 0. The Hall–Kier alpha value is -1.88. The van der Waals surface area contributed by atoms with E-state index in [2.05, 4.69) is 15.3 Å². The van der Waals surface area contributed by atoms with Crippen molar-refractivity contribution < 1.29 is 4.79 Å². The number of benzene rings is 1. The molecule has 78 valence electrons. The van der Waals surface area contributed by atoms with Crippen LogP contribution in [0.25, 0.3) is 0 Å². The van der Waals surface area contributed by atoms with Crippen molar-refractivity contribution in [2.24, 2.45) is 0 Å². The Kier molecular flexibility index (Phi) is 2.11. The first-order valence-corrected chi connectivity index (χ1v) is 5.54. The number of para-hydroxylation sites is 1.